The third-order valence-electron chi connectivity index (χ3n) is 2.07. The number of hydrogen-bond donors (Lipinski definition) is 4. The third kappa shape index (κ3) is 1.57. The van der Waals surface area contributed by atoms with Crippen LogP contribution in [-0.4, -0.2) is 68.6 Å². The maximum atomic E-state index is 10.5. The van der Waals surface area contributed by atoms with Crippen LogP contribution in [0.5, 0.6) is 0 Å². The smallest absolute Gasteiger partial charge is 0.152 e. The molecule has 7 heteroatoms. The average molecular weight is 192 g/mol. The molecule has 13 heavy (non-hydrogen) atoms. The zero-order chi connectivity index (χ0) is 10.0. The Hall–Kier alpha value is -0.570. The minimum Gasteiger partial charge on any atom is -0.381 e. The Kier molecular flexibility index (Phi) is 3.31. The van der Waals surface area contributed by atoms with Crippen LogP contribution >= 0.6 is 0 Å². The molecule has 1 aliphatic rings. The Morgan fingerprint density at radius 3 is 1.69 bits per heavy atom. The minimum absolute atomic E-state index is 0.423. The summed E-state index contributed by atoms with van der Waals surface area (Å²) in [6.45, 7) is -1.14. The molecule has 0 aromatic carbocycles. The van der Waals surface area contributed by atoms with Crippen LogP contribution in [0.3, 0.4) is 0 Å². The van der Waals surface area contributed by atoms with E-state index < -0.39 is 32.1 Å². The second-order valence-electron chi connectivity index (χ2n) is 2.69. The predicted octanol–water partition coefficient (Wildman–Crippen LogP) is -3.33. The fourth-order valence-electron chi connectivity index (χ4n) is 1.34. The van der Waals surface area contributed by atoms with Crippen molar-refractivity contribution < 1.29 is 25.2 Å². The average Bonchev–Trinajstić information content (AvgIpc) is 2.38. The number of hydrogen-bond acceptors (Lipinski definition) is 7. The summed E-state index contributed by atoms with van der Waals surface area (Å²) >= 11 is 0. The molecule has 0 aliphatic carbocycles. The molecule has 1 heterocycles. The fraction of sp³-hybridized carbons (Fsp3) is 0.833. The minimum atomic E-state index is -1.37. The lowest BCUT2D eigenvalue weighted by Crippen LogP contribution is -2.43. The maximum Gasteiger partial charge on any atom is 0.152 e. The third-order valence-corrected chi connectivity index (χ3v) is 2.07. The van der Waals surface area contributed by atoms with Crippen molar-refractivity contribution in [1.29, 1.82) is 0 Å². The molecule has 0 aromatic rings. The number of carbonyl (C=O) groups is 1. The molecule has 0 amide bonds. The van der Waals surface area contributed by atoms with Crippen molar-refractivity contribution in [3.8, 4) is 0 Å². The molecule has 1 saturated heterocycles. The van der Waals surface area contributed by atoms with Gasteiger partial charge in [0.1, 0.15) is 6.17 Å². The fourth-order valence-corrected chi connectivity index (χ4v) is 1.34. The van der Waals surface area contributed by atoms with Gasteiger partial charge in [0.05, 0.1) is 13.5 Å². The maximum absolute atomic E-state index is 10.5. The molecule has 0 aromatic heterocycles. The largest absolute Gasteiger partial charge is 0.381 e. The summed E-state index contributed by atoms with van der Waals surface area (Å²) in [5.41, 5.74) is 0. The van der Waals surface area contributed by atoms with Crippen molar-refractivity contribution in [2.45, 2.75) is 18.6 Å². The van der Waals surface area contributed by atoms with E-state index in [1.165, 1.54) is 0 Å². The molecular weight excluding hydrogens is 180 g/mol. The van der Waals surface area contributed by atoms with E-state index in [0.717, 1.165) is 9.80 Å². The first-order chi connectivity index (χ1) is 6.17. The topological polar surface area (TPSA) is 104 Å². The SMILES string of the molecule is O=CC1N(CO)C(O)C(O)N1CO. The van der Waals surface area contributed by atoms with E-state index in [2.05, 4.69) is 0 Å². The summed E-state index contributed by atoms with van der Waals surface area (Å²) in [5, 5.41) is 36.0. The van der Waals surface area contributed by atoms with E-state index in [4.69, 9.17) is 10.2 Å². The van der Waals surface area contributed by atoms with E-state index in [0.29, 0.717) is 6.29 Å². The molecule has 1 aliphatic heterocycles. The molecule has 2 unspecified atom stereocenters. The van der Waals surface area contributed by atoms with Crippen molar-refractivity contribution in [3.05, 3.63) is 0 Å². The number of rotatable bonds is 3. The monoisotopic (exact) mass is 192 g/mol. The summed E-state index contributed by atoms with van der Waals surface area (Å²) in [6, 6.07) is 0. The molecule has 0 spiro atoms. The van der Waals surface area contributed by atoms with E-state index in [1.807, 2.05) is 0 Å². The van der Waals surface area contributed by atoms with Crippen LogP contribution in [0, 0.1) is 0 Å². The van der Waals surface area contributed by atoms with E-state index in [1.54, 1.807) is 0 Å². The first-order valence-electron chi connectivity index (χ1n) is 3.72. The normalized spacial score (nSPS) is 36.8. The van der Waals surface area contributed by atoms with Gasteiger partial charge < -0.3 is 25.2 Å². The van der Waals surface area contributed by atoms with Gasteiger partial charge in [-0.25, -0.2) is 9.80 Å². The Morgan fingerprint density at radius 1 is 1.08 bits per heavy atom. The molecular formula is C6H12N2O5. The van der Waals surface area contributed by atoms with E-state index in [-0.39, 0.29) is 0 Å². The number of aldehydes is 1. The van der Waals surface area contributed by atoms with E-state index >= 15 is 0 Å². The highest BCUT2D eigenvalue weighted by molar-refractivity contribution is 5.57. The lowest BCUT2D eigenvalue weighted by molar-refractivity contribution is -0.123. The molecule has 0 bridgehead atoms. The molecule has 2 atom stereocenters. The zero-order valence-corrected chi connectivity index (χ0v) is 6.82. The molecule has 0 saturated carbocycles. The molecule has 76 valence electrons. The summed E-state index contributed by atoms with van der Waals surface area (Å²) in [5.74, 6) is 0. The van der Waals surface area contributed by atoms with Crippen molar-refractivity contribution in [3.63, 3.8) is 0 Å². The number of aliphatic hydroxyl groups is 4. The lowest BCUT2D eigenvalue weighted by atomic mass is 10.5. The van der Waals surface area contributed by atoms with Gasteiger partial charge >= 0.3 is 0 Å². The van der Waals surface area contributed by atoms with Gasteiger partial charge in [0.25, 0.3) is 0 Å². The molecule has 1 fully saturated rings. The van der Waals surface area contributed by atoms with Gasteiger partial charge in [0, 0.05) is 0 Å². The number of carbonyl (C=O) groups excluding carboxylic acids is 1. The van der Waals surface area contributed by atoms with Crippen LogP contribution in [0.4, 0.5) is 0 Å². The van der Waals surface area contributed by atoms with Crippen LogP contribution < -0.4 is 0 Å². The summed E-state index contributed by atoms with van der Waals surface area (Å²) in [6.07, 6.45) is -3.31. The number of aliphatic hydroxyl groups excluding tert-OH is 4. The second kappa shape index (κ2) is 4.09. The van der Waals surface area contributed by atoms with Crippen molar-refractivity contribution in [2.24, 2.45) is 0 Å². The molecule has 0 radical (unpaired) electrons. The van der Waals surface area contributed by atoms with Gasteiger partial charge in [0.2, 0.25) is 0 Å². The summed E-state index contributed by atoms with van der Waals surface area (Å²) in [7, 11) is 0. The summed E-state index contributed by atoms with van der Waals surface area (Å²) < 4.78 is 0. The highest BCUT2D eigenvalue weighted by Gasteiger charge is 2.44. The van der Waals surface area contributed by atoms with Gasteiger partial charge in [-0.05, 0) is 0 Å². The Bertz CT molecular complexity index is 174. The molecule has 4 N–H and O–H groups in total. The second-order valence-corrected chi connectivity index (χ2v) is 2.69. The quantitative estimate of drug-likeness (QED) is 0.346. The Morgan fingerprint density at radius 2 is 1.46 bits per heavy atom. The summed E-state index contributed by atoms with van der Waals surface area (Å²) in [4.78, 5) is 12.4. The number of nitrogens with zero attached hydrogens (tertiary/aromatic N) is 2. The predicted molar refractivity (Wildman–Crippen MR) is 39.7 cm³/mol. The Balaban J connectivity index is 2.82. The first-order valence-corrected chi connectivity index (χ1v) is 3.72. The van der Waals surface area contributed by atoms with Gasteiger partial charge in [-0.15, -0.1) is 0 Å². The van der Waals surface area contributed by atoms with Crippen LogP contribution in [0.25, 0.3) is 0 Å². The standard InChI is InChI=1S/C6H12N2O5/c9-1-4-7(2-10)5(12)6(13)8(4)3-11/h1,4-6,10-13H,2-3H2. The van der Waals surface area contributed by atoms with Crippen LogP contribution in [0.15, 0.2) is 0 Å². The molecule has 1 rings (SSSR count). The van der Waals surface area contributed by atoms with Gasteiger partial charge in [-0.3, -0.25) is 0 Å². The van der Waals surface area contributed by atoms with Gasteiger partial charge in [-0.2, -0.15) is 0 Å². The van der Waals surface area contributed by atoms with Crippen molar-refractivity contribution >= 4 is 6.29 Å². The van der Waals surface area contributed by atoms with Crippen LogP contribution in [-0.2, 0) is 4.79 Å². The van der Waals surface area contributed by atoms with Crippen LogP contribution in [0.1, 0.15) is 0 Å². The van der Waals surface area contributed by atoms with Gasteiger partial charge in [0.15, 0.2) is 18.7 Å². The Labute approximate surface area is 74.4 Å². The van der Waals surface area contributed by atoms with E-state index in [9.17, 15) is 15.0 Å². The highest BCUT2D eigenvalue weighted by atomic mass is 16.4. The zero-order valence-electron chi connectivity index (χ0n) is 6.82. The van der Waals surface area contributed by atoms with Gasteiger partial charge in [-0.1, -0.05) is 0 Å². The first kappa shape index (κ1) is 10.5. The van der Waals surface area contributed by atoms with Crippen molar-refractivity contribution in [1.82, 2.24) is 9.80 Å². The highest BCUT2D eigenvalue weighted by Crippen LogP contribution is 2.21. The van der Waals surface area contributed by atoms with Crippen LogP contribution in [0.2, 0.25) is 0 Å². The lowest BCUT2D eigenvalue weighted by Gasteiger charge is -2.22. The van der Waals surface area contributed by atoms with Crippen molar-refractivity contribution in [2.75, 3.05) is 13.5 Å². The molecule has 7 nitrogen and oxygen atoms in total.